The molecule has 0 unspecified atom stereocenters. The molecule has 0 aromatic heterocycles. The van der Waals surface area contributed by atoms with Crippen LogP contribution in [0.1, 0.15) is 17.5 Å². The van der Waals surface area contributed by atoms with Crippen molar-refractivity contribution in [3.8, 4) is 0 Å². The molecule has 0 spiro atoms. The fourth-order valence-corrected chi connectivity index (χ4v) is 1.65. The summed E-state index contributed by atoms with van der Waals surface area (Å²) in [5.74, 6) is -0.236. The summed E-state index contributed by atoms with van der Waals surface area (Å²) in [5, 5.41) is 3.06. The number of amides is 1. The highest BCUT2D eigenvalue weighted by atomic mass is 35.5. The monoisotopic (exact) mass is 263 g/mol. The molecule has 0 aliphatic heterocycles. The molecule has 2 nitrogen and oxygen atoms in total. The first-order valence-corrected chi connectivity index (χ1v) is 5.73. The van der Waals surface area contributed by atoms with Crippen molar-refractivity contribution in [2.24, 2.45) is 0 Å². The lowest BCUT2D eigenvalue weighted by atomic mass is 10.1. The van der Waals surface area contributed by atoms with Gasteiger partial charge in [0.1, 0.15) is 5.82 Å². The van der Waals surface area contributed by atoms with E-state index in [1.807, 2.05) is 0 Å². The first kappa shape index (κ1) is 13.3. The number of benzene rings is 1. The van der Waals surface area contributed by atoms with Crippen LogP contribution in [0.4, 0.5) is 4.39 Å². The van der Waals surface area contributed by atoms with Crippen molar-refractivity contribution in [1.82, 2.24) is 5.32 Å². The molecule has 0 saturated carbocycles. The van der Waals surface area contributed by atoms with Crippen LogP contribution in [0.25, 0.3) is 0 Å². The Balaban J connectivity index is 2.67. The van der Waals surface area contributed by atoms with Crippen molar-refractivity contribution in [1.29, 1.82) is 0 Å². The Bertz CT molecular complexity index is 396. The Hall–Kier alpha value is -0.800. The van der Waals surface area contributed by atoms with Gasteiger partial charge in [-0.25, -0.2) is 4.39 Å². The van der Waals surface area contributed by atoms with E-state index in [-0.39, 0.29) is 30.6 Å². The van der Waals surface area contributed by atoms with Gasteiger partial charge in [-0.05, 0) is 30.2 Å². The maximum atomic E-state index is 13.2. The fourth-order valence-electron chi connectivity index (χ4n) is 1.19. The van der Waals surface area contributed by atoms with E-state index in [9.17, 15) is 9.18 Å². The van der Waals surface area contributed by atoms with Gasteiger partial charge in [0, 0.05) is 23.9 Å². The van der Waals surface area contributed by atoms with Gasteiger partial charge in [-0.3, -0.25) is 4.79 Å². The molecule has 1 amide bonds. The second-order valence-electron chi connectivity index (χ2n) is 3.41. The van der Waals surface area contributed by atoms with E-state index in [1.54, 1.807) is 13.0 Å². The molecule has 0 saturated heterocycles. The summed E-state index contributed by atoms with van der Waals surface area (Å²) >= 11 is 11.3. The number of rotatable bonds is 4. The van der Waals surface area contributed by atoms with Gasteiger partial charge in [0.05, 0.1) is 0 Å². The number of carbonyl (C=O) groups excluding carboxylic acids is 1. The molecule has 0 heterocycles. The lowest BCUT2D eigenvalue weighted by Gasteiger charge is -2.07. The van der Waals surface area contributed by atoms with Crippen LogP contribution >= 0.6 is 23.2 Å². The minimum absolute atomic E-state index is 0.174. The summed E-state index contributed by atoms with van der Waals surface area (Å²) in [6.07, 6.45) is 0.244. The van der Waals surface area contributed by atoms with Gasteiger partial charge in [0.15, 0.2) is 0 Å². The Morgan fingerprint density at radius 2 is 2.19 bits per heavy atom. The van der Waals surface area contributed by atoms with Crippen molar-refractivity contribution in [2.45, 2.75) is 19.9 Å². The molecule has 0 aliphatic rings. The van der Waals surface area contributed by atoms with Crippen LogP contribution in [0.15, 0.2) is 12.1 Å². The molecule has 88 valence electrons. The number of aryl methyl sites for hydroxylation is 1. The van der Waals surface area contributed by atoms with Crippen molar-refractivity contribution in [3.05, 3.63) is 34.1 Å². The predicted molar refractivity (Wildman–Crippen MR) is 63.3 cm³/mol. The third-order valence-corrected chi connectivity index (χ3v) is 2.67. The molecule has 1 aromatic rings. The topological polar surface area (TPSA) is 29.1 Å². The van der Waals surface area contributed by atoms with Gasteiger partial charge >= 0.3 is 0 Å². The van der Waals surface area contributed by atoms with E-state index in [0.29, 0.717) is 16.1 Å². The molecule has 0 atom stereocenters. The molecule has 1 rings (SSSR count). The van der Waals surface area contributed by atoms with Gasteiger partial charge in [-0.1, -0.05) is 11.6 Å². The van der Waals surface area contributed by atoms with Crippen LogP contribution in [0.5, 0.6) is 0 Å². The van der Waals surface area contributed by atoms with Crippen molar-refractivity contribution < 1.29 is 9.18 Å². The van der Waals surface area contributed by atoms with E-state index in [1.165, 1.54) is 6.07 Å². The van der Waals surface area contributed by atoms with E-state index >= 15 is 0 Å². The van der Waals surface area contributed by atoms with E-state index in [2.05, 4.69) is 5.32 Å². The molecule has 0 fully saturated rings. The molecule has 0 bridgehead atoms. The van der Waals surface area contributed by atoms with Crippen LogP contribution < -0.4 is 5.32 Å². The summed E-state index contributed by atoms with van der Waals surface area (Å²) in [4.78, 5) is 11.1. The second kappa shape index (κ2) is 6.06. The molecule has 5 heteroatoms. The number of halogens is 3. The summed E-state index contributed by atoms with van der Waals surface area (Å²) in [6, 6.07) is 2.87. The highest BCUT2D eigenvalue weighted by Crippen LogP contribution is 2.20. The Morgan fingerprint density at radius 3 is 2.81 bits per heavy atom. The molecule has 1 N–H and O–H groups in total. The standard InChI is InChI=1S/C11H12Cl2FNO/c1-7-4-9(13)8(5-10(7)14)6-15-11(16)2-3-12/h4-5H,2-3,6H2,1H3,(H,15,16). The van der Waals surface area contributed by atoms with E-state index < -0.39 is 0 Å². The Kier molecular flexibility index (Phi) is 5.03. The Labute approximate surface area is 104 Å². The maximum Gasteiger partial charge on any atom is 0.221 e. The van der Waals surface area contributed by atoms with Crippen LogP contribution in [0, 0.1) is 12.7 Å². The van der Waals surface area contributed by atoms with E-state index in [0.717, 1.165) is 0 Å². The summed E-state index contributed by atoms with van der Waals surface area (Å²) in [7, 11) is 0. The lowest BCUT2D eigenvalue weighted by molar-refractivity contribution is -0.120. The molecule has 0 radical (unpaired) electrons. The minimum Gasteiger partial charge on any atom is -0.352 e. The van der Waals surface area contributed by atoms with Gasteiger partial charge < -0.3 is 5.32 Å². The summed E-state index contributed by atoms with van der Waals surface area (Å²) in [6.45, 7) is 1.85. The normalized spacial score (nSPS) is 10.2. The number of hydrogen-bond acceptors (Lipinski definition) is 1. The number of carbonyl (C=O) groups is 1. The molecular weight excluding hydrogens is 252 g/mol. The maximum absolute atomic E-state index is 13.2. The average molecular weight is 264 g/mol. The second-order valence-corrected chi connectivity index (χ2v) is 4.19. The lowest BCUT2D eigenvalue weighted by Crippen LogP contribution is -2.23. The van der Waals surface area contributed by atoms with Gasteiger partial charge in [-0.15, -0.1) is 11.6 Å². The van der Waals surface area contributed by atoms with Gasteiger partial charge in [-0.2, -0.15) is 0 Å². The van der Waals surface area contributed by atoms with Crippen molar-refractivity contribution in [2.75, 3.05) is 5.88 Å². The first-order valence-electron chi connectivity index (χ1n) is 4.81. The fraction of sp³-hybridized carbons (Fsp3) is 0.364. The quantitative estimate of drug-likeness (QED) is 0.832. The molecule has 1 aromatic carbocycles. The summed E-state index contributed by atoms with van der Waals surface area (Å²) < 4.78 is 13.2. The number of hydrogen-bond donors (Lipinski definition) is 1. The minimum atomic E-state index is -0.328. The van der Waals surface area contributed by atoms with E-state index in [4.69, 9.17) is 23.2 Å². The van der Waals surface area contributed by atoms with Crippen molar-refractivity contribution in [3.63, 3.8) is 0 Å². The van der Waals surface area contributed by atoms with Crippen LogP contribution in [-0.4, -0.2) is 11.8 Å². The van der Waals surface area contributed by atoms with Crippen LogP contribution in [0.2, 0.25) is 5.02 Å². The third kappa shape index (κ3) is 3.65. The first-order chi connectivity index (χ1) is 7.54. The zero-order valence-corrected chi connectivity index (χ0v) is 10.3. The van der Waals surface area contributed by atoms with Crippen LogP contribution in [0.3, 0.4) is 0 Å². The highest BCUT2D eigenvalue weighted by Gasteiger charge is 2.07. The third-order valence-electron chi connectivity index (χ3n) is 2.13. The summed E-state index contributed by atoms with van der Waals surface area (Å²) in [5.41, 5.74) is 1.05. The SMILES string of the molecule is Cc1cc(Cl)c(CNC(=O)CCCl)cc1F. The Morgan fingerprint density at radius 1 is 1.50 bits per heavy atom. The average Bonchev–Trinajstić information content (AvgIpc) is 2.22. The predicted octanol–water partition coefficient (Wildman–Crippen LogP) is 3.03. The van der Waals surface area contributed by atoms with Crippen LogP contribution in [-0.2, 0) is 11.3 Å². The smallest absolute Gasteiger partial charge is 0.221 e. The number of nitrogens with one attached hydrogen (secondary N) is 1. The molecular formula is C11H12Cl2FNO. The molecule has 0 aliphatic carbocycles. The number of alkyl halides is 1. The van der Waals surface area contributed by atoms with Gasteiger partial charge in [0.25, 0.3) is 0 Å². The molecule has 16 heavy (non-hydrogen) atoms. The zero-order valence-electron chi connectivity index (χ0n) is 8.82. The highest BCUT2D eigenvalue weighted by molar-refractivity contribution is 6.31. The van der Waals surface area contributed by atoms with Gasteiger partial charge in [0.2, 0.25) is 5.91 Å². The largest absolute Gasteiger partial charge is 0.352 e. The van der Waals surface area contributed by atoms with Crippen molar-refractivity contribution >= 4 is 29.1 Å². The zero-order chi connectivity index (χ0) is 12.1.